The number of aryl methyl sites for hydroxylation is 1. The third-order valence-electron chi connectivity index (χ3n) is 3.89. The molecule has 10 heteroatoms. The van der Waals surface area contributed by atoms with Gasteiger partial charge in [0.1, 0.15) is 6.67 Å². The van der Waals surface area contributed by atoms with Crippen molar-refractivity contribution in [1.29, 1.82) is 0 Å². The van der Waals surface area contributed by atoms with Crippen LogP contribution in [0.5, 0.6) is 0 Å². The first-order valence-electron chi connectivity index (χ1n) is 7.59. The minimum absolute atomic E-state index is 0.0446. The van der Waals surface area contributed by atoms with E-state index in [1.807, 2.05) is 0 Å². The van der Waals surface area contributed by atoms with Crippen LogP contribution in [0, 0.1) is 17.0 Å². The number of nitro benzene ring substituents is 1. The second-order valence-electron chi connectivity index (χ2n) is 5.81. The van der Waals surface area contributed by atoms with Crippen LogP contribution in [0.15, 0.2) is 52.9 Å². The molecule has 26 heavy (non-hydrogen) atoms. The van der Waals surface area contributed by atoms with Crippen molar-refractivity contribution in [2.45, 2.75) is 19.6 Å². The zero-order valence-electron chi connectivity index (χ0n) is 13.6. The summed E-state index contributed by atoms with van der Waals surface area (Å²) in [4.78, 5) is 10.4. The Labute approximate surface area is 146 Å². The van der Waals surface area contributed by atoms with E-state index in [1.54, 1.807) is 24.1 Å². The van der Waals surface area contributed by atoms with Gasteiger partial charge in [0.05, 0.1) is 22.7 Å². The summed E-state index contributed by atoms with van der Waals surface area (Å²) in [6, 6.07) is 9.44. The van der Waals surface area contributed by atoms with Crippen LogP contribution in [0.3, 0.4) is 0 Å². The lowest BCUT2D eigenvalue weighted by Crippen LogP contribution is -2.24. The first-order chi connectivity index (χ1) is 12.2. The van der Waals surface area contributed by atoms with E-state index < -0.39 is 16.7 Å². The molecule has 0 bridgehead atoms. The van der Waals surface area contributed by atoms with Crippen LogP contribution in [-0.2, 0) is 12.7 Å². The Bertz CT molecular complexity index is 852. The summed E-state index contributed by atoms with van der Waals surface area (Å²) in [5.41, 5.74) is 1.17. The number of anilines is 1. The van der Waals surface area contributed by atoms with Crippen LogP contribution in [0.1, 0.15) is 16.7 Å². The summed E-state index contributed by atoms with van der Waals surface area (Å²) < 4.78 is 37.8. The molecular weight excluding hydrogens is 351 g/mol. The SMILES string of the molecule is Cc1cc(CN2CN(c3ccc(C(F)(F)F)cc3)N=N2)ccc1[N+](=O)[O-]. The maximum atomic E-state index is 12.6. The molecule has 1 aliphatic rings. The molecule has 0 unspecified atom stereocenters. The number of nitrogens with zero attached hydrogens (tertiary/aromatic N) is 5. The van der Waals surface area contributed by atoms with E-state index in [-0.39, 0.29) is 12.4 Å². The Hall–Kier alpha value is -3.17. The molecule has 0 N–H and O–H groups in total. The minimum atomic E-state index is -4.38. The van der Waals surface area contributed by atoms with Gasteiger partial charge in [-0.15, -0.1) is 0 Å². The van der Waals surface area contributed by atoms with Crippen molar-refractivity contribution in [3.05, 3.63) is 69.3 Å². The Morgan fingerprint density at radius 2 is 1.85 bits per heavy atom. The third kappa shape index (κ3) is 3.73. The fourth-order valence-electron chi connectivity index (χ4n) is 2.58. The highest BCUT2D eigenvalue weighted by atomic mass is 19.4. The molecule has 2 aromatic rings. The Kier molecular flexibility index (Phi) is 4.49. The molecule has 1 heterocycles. The molecule has 0 amide bonds. The van der Waals surface area contributed by atoms with E-state index in [9.17, 15) is 23.3 Å². The number of rotatable bonds is 4. The number of nitro groups is 1. The van der Waals surface area contributed by atoms with Gasteiger partial charge in [-0.05, 0) is 48.0 Å². The van der Waals surface area contributed by atoms with Gasteiger partial charge in [0.25, 0.3) is 5.69 Å². The van der Waals surface area contributed by atoms with Gasteiger partial charge in [-0.3, -0.25) is 15.1 Å². The lowest BCUT2D eigenvalue weighted by Gasteiger charge is -2.17. The summed E-state index contributed by atoms with van der Waals surface area (Å²) in [7, 11) is 0. The molecule has 136 valence electrons. The van der Waals surface area contributed by atoms with Crippen LogP contribution in [0.4, 0.5) is 24.5 Å². The van der Waals surface area contributed by atoms with Crippen molar-refractivity contribution in [3.8, 4) is 0 Å². The van der Waals surface area contributed by atoms with Crippen LogP contribution in [0.25, 0.3) is 0 Å². The largest absolute Gasteiger partial charge is 0.416 e. The summed E-state index contributed by atoms with van der Waals surface area (Å²) in [6.07, 6.45) is -4.38. The standard InChI is InChI=1S/C16H14F3N5O2/c1-11-8-12(2-7-15(11)24(25)26)9-22-10-23(21-20-22)14-5-3-13(4-6-14)16(17,18)19/h2-8H,9-10H2,1H3. The van der Waals surface area contributed by atoms with Gasteiger partial charge in [0, 0.05) is 11.6 Å². The Morgan fingerprint density at radius 3 is 2.42 bits per heavy atom. The van der Waals surface area contributed by atoms with Crippen LogP contribution >= 0.6 is 0 Å². The fraction of sp³-hybridized carbons (Fsp3) is 0.250. The number of hydrogen-bond acceptors (Lipinski definition) is 6. The molecule has 0 radical (unpaired) electrons. The molecule has 0 saturated heterocycles. The molecule has 7 nitrogen and oxygen atoms in total. The number of halogens is 3. The van der Waals surface area contributed by atoms with E-state index in [1.165, 1.54) is 23.2 Å². The molecule has 0 atom stereocenters. The van der Waals surface area contributed by atoms with E-state index in [4.69, 9.17) is 0 Å². The average molecular weight is 365 g/mol. The quantitative estimate of drug-likeness (QED) is 0.591. The second kappa shape index (κ2) is 6.62. The van der Waals surface area contributed by atoms with E-state index in [2.05, 4.69) is 10.4 Å². The highest BCUT2D eigenvalue weighted by Crippen LogP contribution is 2.31. The van der Waals surface area contributed by atoms with Crippen molar-refractivity contribution >= 4 is 11.4 Å². The summed E-state index contributed by atoms with van der Waals surface area (Å²) in [5, 5.41) is 21.8. The number of benzene rings is 2. The summed E-state index contributed by atoms with van der Waals surface area (Å²) >= 11 is 0. The average Bonchev–Trinajstić information content (AvgIpc) is 3.02. The molecule has 1 aliphatic heterocycles. The highest BCUT2D eigenvalue weighted by molar-refractivity contribution is 5.47. The van der Waals surface area contributed by atoms with Crippen LogP contribution in [0.2, 0.25) is 0 Å². The zero-order chi connectivity index (χ0) is 18.9. The first kappa shape index (κ1) is 17.6. The summed E-state index contributed by atoms with van der Waals surface area (Å²) in [6.45, 7) is 2.29. The maximum absolute atomic E-state index is 12.6. The third-order valence-corrected chi connectivity index (χ3v) is 3.89. The van der Waals surface area contributed by atoms with Gasteiger partial charge in [-0.2, -0.15) is 13.2 Å². The van der Waals surface area contributed by atoms with Gasteiger partial charge >= 0.3 is 6.18 Å². The molecule has 0 aromatic heterocycles. The Morgan fingerprint density at radius 1 is 1.15 bits per heavy atom. The highest BCUT2D eigenvalue weighted by Gasteiger charge is 2.30. The van der Waals surface area contributed by atoms with E-state index in [0.29, 0.717) is 17.8 Å². The van der Waals surface area contributed by atoms with Gasteiger partial charge < -0.3 is 0 Å². The smallest absolute Gasteiger partial charge is 0.258 e. The predicted molar refractivity (Wildman–Crippen MR) is 87.0 cm³/mol. The van der Waals surface area contributed by atoms with Gasteiger partial charge in [0.15, 0.2) is 0 Å². The molecule has 3 rings (SSSR count). The summed E-state index contributed by atoms with van der Waals surface area (Å²) in [5.74, 6) is 0. The number of hydrogen-bond donors (Lipinski definition) is 0. The fourth-order valence-corrected chi connectivity index (χ4v) is 2.58. The molecule has 0 saturated carbocycles. The Balaban J connectivity index is 1.65. The lowest BCUT2D eigenvalue weighted by molar-refractivity contribution is -0.385. The van der Waals surface area contributed by atoms with Crippen molar-refractivity contribution in [2.24, 2.45) is 10.4 Å². The van der Waals surface area contributed by atoms with E-state index >= 15 is 0 Å². The molecule has 0 fully saturated rings. The van der Waals surface area contributed by atoms with Crippen molar-refractivity contribution in [1.82, 2.24) is 5.01 Å². The van der Waals surface area contributed by atoms with Gasteiger partial charge in [-0.25, -0.2) is 5.01 Å². The molecular formula is C16H14F3N5O2. The van der Waals surface area contributed by atoms with Crippen molar-refractivity contribution < 1.29 is 18.1 Å². The predicted octanol–water partition coefficient (Wildman–Crippen LogP) is 4.48. The monoisotopic (exact) mass is 365 g/mol. The van der Waals surface area contributed by atoms with E-state index in [0.717, 1.165) is 17.7 Å². The maximum Gasteiger partial charge on any atom is 0.416 e. The first-order valence-corrected chi connectivity index (χ1v) is 7.59. The van der Waals surface area contributed by atoms with Gasteiger partial charge in [0.2, 0.25) is 0 Å². The second-order valence-corrected chi connectivity index (χ2v) is 5.81. The molecule has 2 aromatic carbocycles. The molecule has 0 spiro atoms. The topological polar surface area (TPSA) is 74.3 Å². The van der Waals surface area contributed by atoms with Gasteiger partial charge in [-0.1, -0.05) is 11.3 Å². The number of alkyl halides is 3. The minimum Gasteiger partial charge on any atom is -0.258 e. The normalized spacial score (nSPS) is 14.2. The van der Waals surface area contributed by atoms with Crippen LogP contribution < -0.4 is 5.01 Å². The lowest BCUT2D eigenvalue weighted by atomic mass is 10.1. The van der Waals surface area contributed by atoms with Crippen molar-refractivity contribution in [2.75, 3.05) is 11.7 Å². The molecule has 0 aliphatic carbocycles. The van der Waals surface area contributed by atoms with Crippen LogP contribution in [-0.4, -0.2) is 16.6 Å². The van der Waals surface area contributed by atoms with Crippen molar-refractivity contribution in [3.63, 3.8) is 0 Å². The zero-order valence-corrected chi connectivity index (χ0v) is 13.6.